The van der Waals surface area contributed by atoms with E-state index in [1.807, 2.05) is 24.3 Å². The largest absolute Gasteiger partial charge is 0.351 e. The minimum Gasteiger partial charge on any atom is -0.351 e. The number of hydrogen-bond donors (Lipinski definition) is 1. The third-order valence-electron chi connectivity index (χ3n) is 2.83. The number of aromatic nitrogens is 1. The van der Waals surface area contributed by atoms with Crippen LogP contribution in [-0.2, 0) is 0 Å². The van der Waals surface area contributed by atoms with Gasteiger partial charge in [-0.3, -0.25) is 4.98 Å². The van der Waals surface area contributed by atoms with E-state index in [4.69, 9.17) is 0 Å². The highest BCUT2D eigenvalue weighted by molar-refractivity contribution is 5.91. The molecule has 0 saturated carbocycles. The van der Waals surface area contributed by atoms with E-state index in [2.05, 4.69) is 10.3 Å². The van der Waals surface area contributed by atoms with Gasteiger partial charge in [-0.05, 0) is 24.3 Å². The number of nitrogens with zero attached hydrogens (tertiary/aromatic N) is 1. The van der Waals surface area contributed by atoms with Crippen LogP contribution in [0.15, 0.2) is 54.7 Å². The van der Waals surface area contributed by atoms with Gasteiger partial charge in [-0.2, -0.15) is 0 Å². The van der Waals surface area contributed by atoms with Gasteiger partial charge in [-0.15, -0.1) is 0 Å². The fraction of sp³-hybridized carbons (Fsp3) is 0. The third-order valence-corrected chi connectivity index (χ3v) is 2.83. The Bertz CT molecular complexity index is 736. The molecule has 4 heteroatoms. The molecular formula is C15H10F2N2. The fourth-order valence-electron chi connectivity index (χ4n) is 1.94. The quantitative estimate of drug-likeness (QED) is 0.741. The second kappa shape index (κ2) is 4.65. The van der Waals surface area contributed by atoms with Crippen molar-refractivity contribution in [2.45, 2.75) is 0 Å². The van der Waals surface area contributed by atoms with Crippen molar-refractivity contribution in [2.24, 2.45) is 0 Å². The summed E-state index contributed by atoms with van der Waals surface area (Å²) < 4.78 is 26.5. The molecule has 3 rings (SSSR count). The van der Waals surface area contributed by atoms with Gasteiger partial charge in [0.25, 0.3) is 0 Å². The Labute approximate surface area is 108 Å². The predicted octanol–water partition coefficient (Wildman–Crippen LogP) is 4.26. The van der Waals surface area contributed by atoms with Gasteiger partial charge in [-0.1, -0.05) is 18.2 Å². The molecule has 0 aliphatic carbocycles. The fourth-order valence-corrected chi connectivity index (χ4v) is 1.94. The summed E-state index contributed by atoms with van der Waals surface area (Å²) >= 11 is 0. The number of para-hydroxylation sites is 1. The van der Waals surface area contributed by atoms with Crippen molar-refractivity contribution >= 4 is 22.3 Å². The lowest BCUT2D eigenvalue weighted by Crippen LogP contribution is -1.96. The standard InChI is InChI=1S/C15H10F2N2/c16-11-6-7-13(12(17)9-11)19-14-5-1-3-10-4-2-8-18-15(10)14/h1-9,19H. The molecule has 1 aromatic heterocycles. The lowest BCUT2D eigenvalue weighted by Gasteiger charge is -2.09. The molecule has 1 N–H and O–H groups in total. The zero-order chi connectivity index (χ0) is 13.2. The normalized spacial score (nSPS) is 10.6. The predicted molar refractivity (Wildman–Crippen MR) is 71.4 cm³/mol. The summed E-state index contributed by atoms with van der Waals surface area (Å²) in [6, 6.07) is 12.8. The van der Waals surface area contributed by atoms with Gasteiger partial charge in [-0.25, -0.2) is 8.78 Å². The summed E-state index contributed by atoms with van der Waals surface area (Å²) in [5.41, 5.74) is 1.65. The van der Waals surface area contributed by atoms with Gasteiger partial charge >= 0.3 is 0 Å². The first-order valence-corrected chi connectivity index (χ1v) is 5.80. The van der Waals surface area contributed by atoms with Crippen LogP contribution < -0.4 is 5.32 Å². The summed E-state index contributed by atoms with van der Waals surface area (Å²) in [6.45, 7) is 0. The van der Waals surface area contributed by atoms with E-state index in [0.717, 1.165) is 17.0 Å². The minimum atomic E-state index is -0.632. The SMILES string of the molecule is Fc1ccc(Nc2cccc3cccnc23)c(F)c1. The number of pyridine rings is 1. The summed E-state index contributed by atoms with van der Waals surface area (Å²) in [5, 5.41) is 3.89. The molecular weight excluding hydrogens is 246 g/mol. The summed E-state index contributed by atoms with van der Waals surface area (Å²) in [4.78, 5) is 4.27. The Kier molecular flexibility index (Phi) is 2.83. The van der Waals surface area contributed by atoms with Crippen LogP contribution in [0.25, 0.3) is 10.9 Å². The monoisotopic (exact) mass is 256 g/mol. The molecule has 0 aliphatic rings. The van der Waals surface area contributed by atoms with E-state index < -0.39 is 11.6 Å². The molecule has 19 heavy (non-hydrogen) atoms. The summed E-state index contributed by atoms with van der Waals surface area (Å²) in [5.74, 6) is -1.23. The van der Waals surface area contributed by atoms with Gasteiger partial charge < -0.3 is 5.32 Å². The average molecular weight is 256 g/mol. The van der Waals surface area contributed by atoms with Crippen LogP contribution in [0.3, 0.4) is 0 Å². The van der Waals surface area contributed by atoms with Gasteiger partial charge in [0.05, 0.1) is 16.9 Å². The Morgan fingerprint density at radius 1 is 0.895 bits per heavy atom. The smallest absolute Gasteiger partial charge is 0.149 e. The summed E-state index contributed by atoms with van der Waals surface area (Å²) in [6.07, 6.45) is 1.68. The van der Waals surface area contributed by atoms with Crippen molar-refractivity contribution in [3.8, 4) is 0 Å². The van der Waals surface area contributed by atoms with Crippen LogP contribution in [0.2, 0.25) is 0 Å². The molecule has 0 bridgehead atoms. The van der Waals surface area contributed by atoms with E-state index >= 15 is 0 Å². The molecule has 0 spiro atoms. The minimum absolute atomic E-state index is 0.222. The van der Waals surface area contributed by atoms with Crippen LogP contribution in [-0.4, -0.2) is 4.98 Å². The molecule has 3 aromatic rings. The second-order valence-electron chi connectivity index (χ2n) is 4.13. The molecule has 0 amide bonds. The van der Waals surface area contributed by atoms with Gasteiger partial charge in [0.15, 0.2) is 0 Å². The number of hydrogen-bond acceptors (Lipinski definition) is 2. The van der Waals surface area contributed by atoms with Crippen molar-refractivity contribution in [1.82, 2.24) is 4.98 Å². The van der Waals surface area contributed by atoms with Crippen LogP contribution in [0.5, 0.6) is 0 Å². The maximum atomic E-state index is 13.6. The number of benzene rings is 2. The van der Waals surface area contributed by atoms with Crippen molar-refractivity contribution in [3.63, 3.8) is 0 Å². The van der Waals surface area contributed by atoms with Crippen LogP contribution in [0.4, 0.5) is 20.2 Å². The number of fused-ring (bicyclic) bond motifs is 1. The van der Waals surface area contributed by atoms with Gasteiger partial charge in [0.2, 0.25) is 0 Å². The molecule has 0 radical (unpaired) electrons. The van der Waals surface area contributed by atoms with Crippen LogP contribution in [0.1, 0.15) is 0 Å². The van der Waals surface area contributed by atoms with Crippen molar-refractivity contribution in [1.29, 1.82) is 0 Å². The number of rotatable bonds is 2. The second-order valence-corrected chi connectivity index (χ2v) is 4.13. The first kappa shape index (κ1) is 11.6. The average Bonchev–Trinajstić information content (AvgIpc) is 2.42. The topological polar surface area (TPSA) is 24.9 Å². The highest BCUT2D eigenvalue weighted by atomic mass is 19.1. The highest BCUT2D eigenvalue weighted by Crippen LogP contribution is 2.26. The van der Waals surface area contributed by atoms with Gasteiger partial charge in [0.1, 0.15) is 11.6 Å². The number of halogens is 2. The molecule has 2 aromatic carbocycles. The van der Waals surface area contributed by atoms with Crippen molar-refractivity contribution < 1.29 is 8.78 Å². The molecule has 1 heterocycles. The first-order valence-electron chi connectivity index (χ1n) is 5.80. The molecule has 0 aliphatic heterocycles. The molecule has 0 saturated heterocycles. The Morgan fingerprint density at radius 3 is 2.58 bits per heavy atom. The van der Waals surface area contributed by atoms with Crippen molar-refractivity contribution in [3.05, 3.63) is 66.4 Å². The number of nitrogens with one attached hydrogen (secondary N) is 1. The van der Waals surface area contributed by atoms with E-state index in [-0.39, 0.29) is 5.69 Å². The van der Waals surface area contributed by atoms with Crippen LogP contribution >= 0.6 is 0 Å². The van der Waals surface area contributed by atoms with Gasteiger partial charge in [0, 0.05) is 17.6 Å². The maximum absolute atomic E-state index is 13.6. The third kappa shape index (κ3) is 2.25. The molecule has 0 fully saturated rings. The Morgan fingerprint density at radius 2 is 1.74 bits per heavy atom. The van der Waals surface area contributed by atoms with E-state index in [0.29, 0.717) is 5.69 Å². The van der Waals surface area contributed by atoms with Crippen molar-refractivity contribution in [2.75, 3.05) is 5.32 Å². The Hall–Kier alpha value is -2.49. The number of anilines is 2. The maximum Gasteiger partial charge on any atom is 0.149 e. The zero-order valence-electron chi connectivity index (χ0n) is 9.90. The Balaban J connectivity index is 2.06. The molecule has 2 nitrogen and oxygen atoms in total. The van der Waals surface area contributed by atoms with E-state index in [1.54, 1.807) is 12.3 Å². The van der Waals surface area contributed by atoms with E-state index in [1.165, 1.54) is 12.1 Å². The lowest BCUT2D eigenvalue weighted by atomic mass is 10.2. The highest BCUT2D eigenvalue weighted by Gasteiger charge is 2.06. The zero-order valence-corrected chi connectivity index (χ0v) is 9.90. The first-order chi connectivity index (χ1) is 9.24. The molecule has 0 unspecified atom stereocenters. The van der Waals surface area contributed by atoms with Crippen LogP contribution in [0, 0.1) is 11.6 Å². The molecule has 0 atom stereocenters. The lowest BCUT2D eigenvalue weighted by molar-refractivity contribution is 0.586. The molecule has 94 valence electrons. The van der Waals surface area contributed by atoms with E-state index in [9.17, 15) is 8.78 Å². The summed E-state index contributed by atoms with van der Waals surface area (Å²) in [7, 11) is 0.